The lowest BCUT2D eigenvalue weighted by atomic mass is 9.95. The maximum Gasteiger partial charge on any atom is 0.251 e. The third-order valence-electron chi connectivity index (χ3n) is 5.11. The second kappa shape index (κ2) is 8.88. The Labute approximate surface area is 156 Å². The van der Waals surface area contributed by atoms with Crippen LogP contribution in [-0.2, 0) is 6.61 Å². The molecule has 1 saturated carbocycles. The lowest BCUT2D eigenvalue weighted by Crippen LogP contribution is -2.36. The van der Waals surface area contributed by atoms with E-state index < -0.39 is 0 Å². The molecule has 3 nitrogen and oxygen atoms in total. The first-order chi connectivity index (χ1) is 12.6. The lowest BCUT2D eigenvalue weighted by molar-refractivity contribution is 0.0927. The van der Waals surface area contributed by atoms with Gasteiger partial charge in [-0.1, -0.05) is 57.4 Å². The number of ether oxygens (including phenoxy) is 1. The molecular weight excluding hydrogens is 322 g/mol. The minimum atomic E-state index is 0.0358. The predicted molar refractivity (Wildman–Crippen MR) is 106 cm³/mol. The number of hydrogen-bond acceptors (Lipinski definition) is 2. The summed E-state index contributed by atoms with van der Waals surface area (Å²) in [5, 5.41) is 3.16. The molecule has 0 saturated heterocycles. The molecule has 0 aliphatic heterocycles. The number of hydrogen-bond donors (Lipinski definition) is 1. The lowest BCUT2D eigenvalue weighted by Gasteiger charge is -2.22. The van der Waals surface area contributed by atoms with Crippen LogP contribution in [0.2, 0.25) is 0 Å². The van der Waals surface area contributed by atoms with Crippen molar-refractivity contribution in [3.05, 3.63) is 65.2 Å². The van der Waals surface area contributed by atoms with Gasteiger partial charge in [0.25, 0.3) is 5.91 Å². The molecule has 26 heavy (non-hydrogen) atoms. The van der Waals surface area contributed by atoms with Crippen LogP contribution >= 0.6 is 0 Å². The SMILES string of the molecule is CC(C)c1ccc(OCc2ccc(C(=O)NC3CCCCC3)cc2)cc1. The summed E-state index contributed by atoms with van der Waals surface area (Å²) < 4.78 is 5.85. The van der Waals surface area contributed by atoms with Crippen LogP contribution in [-0.4, -0.2) is 11.9 Å². The maximum absolute atomic E-state index is 12.3. The number of carbonyl (C=O) groups excluding carboxylic acids is 1. The molecule has 0 aromatic heterocycles. The molecule has 2 aromatic carbocycles. The smallest absolute Gasteiger partial charge is 0.251 e. The molecule has 1 N–H and O–H groups in total. The summed E-state index contributed by atoms with van der Waals surface area (Å²) in [5.41, 5.74) is 3.10. The molecule has 138 valence electrons. The van der Waals surface area contributed by atoms with Crippen LogP contribution in [0, 0.1) is 0 Å². The number of nitrogens with one attached hydrogen (secondary N) is 1. The Kier molecular flexibility index (Phi) is 6.32. The van der Waals surface area contributed by atoms with Gasteiger partial charge in [0.1, 0.15) is 12.4 Å². The van der Waals surface area contributed by atoms with E-state index in [1.165, 1.54) is 24.8 Å². The zero-order valence-electron chi connectivity index (χ0n) is 15.8. The summed E-state index contributed by atoms with van der Waals surface area (Å²) in [6, 6.07) is 16.3. The third kappa shape index (κ3) is 5.10. The van der Waals surface area contributed by atoms with E-state index in [0.29, 0.717) is 18.6 Å². The third-order valence-corrected chi connectivity index (χ3v) is 5.11. The van der Waals surface area contributed by atoms with E-state index in [4.69, 9.17) is 4.74 Å². The molecule has 3 heteroatoms. The highest BCUT2D eigenvalue weighted by atomic mass is 16.5. The Bertz CT molecular complexity index is 698. The van der Waals surface area contributed by atoms with Crippen LogP contribution in [0.25, 0.3) is 0 Å². The van der Waals surface area contributed by atoms with Gasteiger partial charge in [0.2, 0.25) is 0 Å². The largest absolute Gasteiger partial charge is 0.489 e. The summed E-state index contributed by atoms with van der Waals surface area (Å²) in [6.45, 7) is 4.87. The monoisotopic (exact) mass is 351 g/mol. The van der Waals surface area contributed by atoms with Gasteiger partial charge < -0.3 is 10.1 Å². The molecule has 1 aliphatic carbocycles. The second-order valence-corrected chi connectivity index (χ2v) is 7.52. The number of benzene rings is 2. The first-order valence-corrected chi connectivity index (χ1v) is 9.74. The first-order valence-electron chi connectivity index (χ1n) is 9.74. The molecule has 0 bridgehead atoms. The van der Waals surface area contributed by atoms with E-state index in [1.807, 2.05) is 36.4 Å². The molecule has 3 rings (SSSR count). The Morgan fingerprint density at radius 1 is 1.00 bits per heavy atom. The minimum Gasteiger partial charge on any atom is -0.489 e. The first kappa shape index (κ1) is 18.5. The Hall–Kier alpha value is -2.29. The van der Waals surface area contributed by atoms with E-state index in [-0.39, 0.29) is 5.91 Å². The van der Waals surface area contributed by atoms with Crippen molar-refractivity contribution in [2.75, 3.05) is 0 Å². The summed E-state index contributed by atoms with van der Waals surface area (Å²) >= 11 is 0. The number of amides is 1. The van der Waals surface area contributed by atoms with Crippen molar-refractivity contribution in [1.29, 1.82) is 0 Å². The molecule has 0 heterocycles. The van der Waals surface area contributed by atoms with Gasteiger partial charge in [-0.3, -0.25) is 4.79 Å². The Morgan fingerprint density at radius 3 is 2.27 bits per heavy atom. The molecule has 1 aliphatic rings. The van der Waals surface area contributed by atoms with Crippen molar-refractivity contribution in [2.24, 2.45) is 0 Å². The molecule has 2 aromatic rings. The molecule has 0 spiro atoms. The zero-order valence-corrected chi connectivity index (χ0v) is 15.8. The Morgan fingerprint density at radius 2 is 1.65 bits per heavy atom. The fourth-order valence-corrected chi connectivity index (χ4v) is 3.38. The van der Waals surface area contributed by atoms with Crippen LogP contribution in [0.15, 0.2) is 48.5 Å². The average Bonchev–Trinajstić information content (AvgIpc) is 2.68. The van der Waals surface area contributed by atoms with Crippen molar-refractivity contribution in [2.45, 2.75) is 64.5 Å². The van der Waals surface area contributed by atoms with Gasteiger partial charge in [0.05, 0.1) is 0 Å². The molecule has 0 atom stereocenters. The fraction of sp³-hybridized carbons (Fsp3) is 0.435. The van der Waals surface area contributed by atoms with E-state index in [9.17, 15) is 4.79 Å². The molecular formula is C23H29NO2. The van der Waals surface area contributed by atoms with E-state index >= 15 is 0 Å². The molecule has 1 fully saturated rings. The highest BCUT2D eigenvalue weighted by Gasteiger charge is 2.16. The highest BCUT2D eigenvalue weighted by molar-refractivity contribution is 5.94. The zero-order chi connectivity index (χ0) is 18.4. The van der Waals surface area contributed by atoms with Gasteiger partial charge in [-0.2, -0.15) is 0 Å². The van der Waals surface area contributed by atoms with Crippen LogP contribution in [0.3, 0.4) is 0 Å². The normalized spacial score (nSPS) is 15.0. The summed E-state index contributed by atoms with van der Waals surface area (Å²) in [4.78, 5) is 12.3. The van der Waals surface area contributed by atoms with Gasteiger partial charge in [-0.05, 0) is 54.2 Å². The fourth-order valence-electron chi connectivity index (χ4n) is 3.38. The van der Waals surface area contributed by atoms with Gasteiger partial charge in [0, 0.05) is 11.6 Å². The predicted octanol–water partition coefficient (Wildman–Crippen LogP) is 5.45. The van der Waals surface area contributed by atoms with Gasteiger partial charge in [-0.25, -0.2) is 0 Å². The van der Waals surface area contributed by atoms with E-state index in [2.05, 4.69) is 31.3 Å². The van der Waals surface area contributed by atoms with Crippen molar-refractivity contribution >= 4 is 5.91 Å². The van der Waals surface area contributed by atoms with Crippen molar-refractivity contribution in [1.82, 2.24) is 5.32 Å². The molecule has 0 radical (unpaired) electrons. The molecule has 1 amide bonds. The standard InChI is InChI=1S/C23H29NO2/c1-17(2)19-12-14-22(15-13-19)26-16-18-8-10-20(11-9-18)23(25)24-21-6-4-3-5-7-21/h8-15,17,21H,3-7,16H2,1-2H3,(H,24,25). The topological polar surface area (TPSA) is 38.3 Å². The maximum atomic E-state index is 12.3. The summed E-state index contributed by atoms with van der Waals surface area (Å²) in [5.74, 6) is 1.43. The second-order valence-electron chi connectivity index (χ2n) is 7.52. The summed E-state index contributed by atoms with van der Waals surface area (Å²) in [7, 11) is 0. The van der Waals surface area contributed by atoms with Crippen LogP contribution < -0.4 is 10.1 Å². The van der Waals surface area contributed by atoms with Crippen LogP contribution in [0.4, 0.5) is 0 Å². The minimum absolute atomic E-state index is 0.0358. The van der Waals surface area contributed by atoms with E-state index in [0.717, 1.165) is 29.7 Å². The van der Waals surface area contributed by atoms with Crippen LogP contribution in [0.5, 0.6) is 5.75 Å². The highest BCUT2D eigenvalue weighted by Crippen LogP contribution is 2.20. The summed E-state index contributed by atoms with van der Waals surface area (Å²) in [6.07, 6.45) is 5.94. The van der Waals surface area contributed by atoms with Crippen molar-refractivity contribution in [3.63, 3.8) is 0 Å². The van der Waals surface area contributed by atoms with Gasteiger partial charge >= 0.3 is 0 Å². The quantitative estimate of drug-likeness (QED) is 0.751. The van der Waals surface area contributed by atoms with Gasteiger partial charge in [0.15, 0.2) is 0 Å². The number of carbonyl (C=O) groups is 1. The molecule has 0 unspecified atom stereocenters. The van der Waals surface area contributed by atoms with Crippen molar-refractivity contribution < 1.29 is 9.53 Å². The number of rotatable bonds is 6. The Balaban J connectivity index is 1.51. The van der Waals surface area contributed by atoms with Crippen molar-refractivity contribution in [3.8, 4) is 5.75 Å². The average molecular weight is 351 g/mol. The van der Waals surface area contributed by atoms with Gasteiger partial charge in [-0.15, -0.1) is 0 Å². The van der Waals surface area contributed by atoms with Crippen LogP contribution in [0.1, 0.15) is 73.4 Å². The van der Waals surface area contributed by atoms with E-state index in [1.54, 1.807) is 0 Å².